The molecule has 1 aromatic heterocycles. The summed E-state index contributed by atoms with van der Waals surface area (Å²) in [6, 6.07) is 17.4. The number of benzene rings is 2. The molecule has 0 N–H and O–H groups in total. The van der Waals surface area contributed by atoms with E-state index in [1.165, 1.54) is 6.08 Å². The molecule has 27 heavy (non-hydrogen) atoms. The van der Waals surface area contributed by atoms with E-state index in [9.17, 15) is 4.79 Å². The van der Waals surface area contributed by atoms with Gasteiger partial charge in [0.15, 0.2) is 0 Å². The van der Waals surface area contributed by atoms with Gasteiger partial charge in [0.25, 0.3) is 0 Å². The van der Waals surface area contributed by atoms with Gasteiger partial charge in [-0.2, -0.15) is 0 Å². The largest absolute Gasteiger partial charge is 0.497 e. The van der Waals surface area contributed by atoms with Crippen LogP contribution in [0.5, 0.6) is 5.75 Å². The molecule has 0 unspecified atom stereocenters. The van der Waals surface area contributed by atoms with Crippen LogP contribution in [0.1, 0.15) is 29.8 Å². The Hall–Kier alpha value is -3.41. The van der Waals surface area contributed by atoms with Gasteiger partial charge in [0.1, 0.15) is 17.5 Å². The molecule has 0 aliphatic rings. The molecule has 6 nitrogen and oxygen atoms in total. The van der Waals surface area contributed by atoms with Gasteiger partial charge in [0.05, 0.1) is 19.9 Å². The van der Waals surface area contributed by atoms with Gasteiger partial charge in [-0.05, 0) is 36.3 Å². The molecule has 0 fully saturated rings. The van der Waals surface area contributed by atoms with Crippen molar-refractivity contribution < 1.29 is 14.3 Å². The molecule has 1 heterocycles. The highest BCUT2D eigenvalue weighted by Gasteiger charge is 2.10. The third-order valence-corrected chi connectivity index (χ3v) is 4.01. The van der Waals surface area contributed by atoms with Gasteiger partial charge in [-0.25, -0.2) is 9.48 Å². The Bertz CT molecular complexity index is 902. The van der Waals surface area contributed by atoms with Crippen molar-refractivity contribution in [1.82, 2.24) is 15.0 Å². The molecule has 1 atom stereocenters. The fourth-order valence-electron chi connectivity index (χ4n) is 2.55. The molecule has 0 amide bonds. The summed E-state index contributed by atoms with van der Waals surface area (Å²) in [6.07, 6.45) is 4.37. The van der Waals surface area contributed by atoms with Crippen LogP contribution in [0.15, 0.2) is 66.9 Å². The van der Waals surface area contributed by atoms with E-state index in [0.29, 0.717) is 12.2 Å². The minimum absolute atomic E-state index is 0.359. The van der Waals surface area contributed by atoms with E-state index < -0.39 is 5.97 Å². The summed E-state index contributed by atoms with van der Waals surface area (Å²) < 4.78 is 12.3. The summed E-state index contributed by atoms with van der Waals surface area (Å²) in [5.41, 5.74) is 2.62. The van der Waals surface area contributed by atoms with Crippen molar-refractivity contribution in [1.29, 1.82) is 0 Å². The molecule has 138 valence electrons. The normalized spacial score (nSPS) is 12.1. The van der Waals surface area contributed by atoms with E-state index in [4.69, 9.17) is 9.47 Å². The average Bonchev–Trinajstić information content (AvgIpc) is 3.14. The van der Waals surface area contributed by atoms with Crippen molar-refractivity contribution in [3.63, 3.8) is 0 Å². The van der Waals surface area contributed by atoms with Gasteiger partial charge < -0.3 is 9.47 Å². The Morgan fingerprint density at radius 2 is 1.89 bits per heavy atom. The lowest BCUT2D eigenvalue weighted by Crippen LogP contribution is -2.06. The second-order valence-corrected chi connectivity index (χ2v) is 6.01. The Labute approximate surface area is 158 Å². The first-order valence-corrected chi connectivity index (χ1v) is 8.61. The second kappa shape index (κ2) is 8.80. The Morgan fingerprint density at radius 1 is 1.15 bits per heavy atom. The van der Waals surface area contributed by atoms with Crippen LogP contribution in [-0.4, -0.2) is 28.1 Å². The molecule has 0 spiro atoms. The molecular weight excluding hydrogens is 342 g/mol. The van der Waals surface area contributed by atoms with Crippen LogP contribution in [0.25, 0.3) is 6.08 Å². The van der Waals surface area contributed by atoms with Crippen LogP contribution in [0, 0.1) is 0 Å². The SMILES string of the molecule is COc1ccc([C@@H](C)OC(=O)/C=C\c2cn(Cc3ccccc3)nn2)cc1. The average molecular weight is 363 g/mol. The first-order valence-electron chi connectivity index (χ1n) is 8.61. The monoisotopic (exact) mass is 363 g/mol. The highest BCUT2D eigenvalue weighted by atomic mass is 16.5. The van der Waals surface area contributed by atoms with Crippen molar-refractivity contribution in [2.45, 2.75) is 19.6 Å². The number of methoxy groups -OCH3 is 1. The van der Waals surface area contributed by atoms with Crippen molar-refractivity contribution >= 4 is 12.0 Å². The Morgan fingerprint density at radius 3 is 2.59 bits per heavy atom. The predicted octanol–water partition coefficient (Wildman–Crippen LogP) is 3.65. The molecule has 2 aromatic carbocycles. The quantitative estimate of drug-likeness (QED) is 0.473. The molecular formula is C21H21N3O3. The van der Waals surface area contributed by atoms with Crippen LogP contribution in [0.4, 0.5) is 0 Å². The summed E-state index contributed by atoms with van der Waals surface area (Å²) >= 11 is 0. The molecule has 0 radical (unpaired) electrons. The maximum atomic E-state index is 12.0. The van der Waals surface area contributed by atoms with E-state index in [0.717, 1.165) is 16.9 Å². The third kappa shape index (κ3) is 5.28. The predicted molar refractivity (Wildman–Crippen MR) is 102 cm³/mol. The number of carbonyl (C=O) groups excluding carboxylic acids is 1. The number of carbonyl (C=O) groups is 1. The second-order valence-electron chi connectivity index (χ2n) is 6.01. The zero-order chi connectivity index (χ0) is 19.1. The summed E-state index contributed by atoms with van der Waals surface area (Å²) in [7, 11) is 1.61. The number of hydrogen-bond acceptors (Lipinski definition) is 5. The van der Waals surface area contributed by atoms with Crippen LogP contribution >= 0.6 is 0 Å². The molecule has 0 saturated carbocycles. The maximum absolute atomic E-state index is 12.0. The lowest BCUT2D eigenvalue weighted by Gasteiger charge is -2.12. The lowest BCUT2D eigenvalue weighted by molar-refractivity contribution is -0.142. The Kier molecular flexibility index (Phi) is 5.99. The van der Waals surface area contributed by atoms with Gasteiger partial charge in [0, 0.05) is 6.08 Å². The van der Waals surface area contributed by atoms with Gasteiger partial charge >= 0.3 is 5.97 Å². The molecule has 0 aliphatic carbocycles. The Balaban J connectivity index is 1.55. The standard InChI is InChI=1S/C21H21N3O3/c1-16(18-8-11-20(26-2)12-9-18)27-21(25)13-10-19-15-24(23-22-19)14-17-6-4-3-5-7-17/h3-13,15-16H,14H2,1-2H3/b13-10-/t16-/m1/s1. The number of esters is 1. The van der Waals surface area contributed by atoms with Crippen LogP contribution < -0.4 is 4.74 Å². The molecule has 0 aliphatic heterocycles. The maximum Gasteiger partial charge on any atom is 0.331 e. The fourth-order valence-corrected chi connectivity index (χ4v) is 2.55. The summed E-state index contributed by atoms with van der Waals surface area (Å²) in [6.45, 7) is 2.45. The highest BCUT2D eigenvalue weighted by Crippen LogP contribution is 2.20. The fraction of sp³-hybridized carbons (Fsp3) is 0.190. The van der Waals surface area contributed by atoms with Crippen molar-refractivity contribution in [2.75, 3.05) is 7.11 Å². The van der Waals surface area contributed by atoms with Gasteiger partial charge in [-0.15, -0.1) is 5.10 Å². The smallest absolute Gasteiger partial charge is 0.331 e. The third-order valence-electron chi connectivity index (χ3n) is 4.01. The molecule has 3 rings (SSSR count). The van der Waals surface area contributed by atoms with Gasteiger partial charge in [-0.3, -0.25) is 0 Å². The number of ether oxygens (including phenoxy) is 2. The van der Waals surface area contributed by atoms with Crippen LogP contribution in [-0.2, 0) is 16.1 Å². The summed E-state index contributed by atoms with van der Waals surface area (Å²) in [4.78, 5) is 12.0. The highest BCUT2D eigenvalue weighted by molar-refractivity contribution is 5.86. The minimum Gasteiger partial charge on any atom is -0.497 e. The zero-order valence-electron chi connectivity index (χ0n) is 15.3. The first kappa shape index (κ1) is 18.4. The molecule has 6 heteroatoms. The van der Waals surface area contributed by atoms with E-state index in [-0.39, 0.29) is 6.10 Å². The number of rotatable bonds is 7. The van der Waals surface area contributed by atoms with E-state index >= 15 is 0 Å². The summed E-state index contributed by atoms with van der Waals surface area (Å²) in [5.74, 6) is 0.326. The molecule has 3 aromatic rings. The van der Waals surface area contributed by atoms with Gasteiger partial charge in [0.2, 0.25) is 0 Å². The number of nitrogens with zero attached hydrogens (tertiary/aromatic N) is 3. The van der Waals surface area contributed by atoms with Crippen molar-refractivity contribution in [3.05, 3.63) is 83.7 Å². The molecule has 0 bridgehead atoms. The number of hydrogen-bond donors (Lipinski definition) is 0. The topological polar surface area (TPSA) is 66.2 Å². The first-order chi connectivity index (χ1) is 13.1. The van der Waals surface area contributed by atoms with Gasteiger partial charge in [-0.1, -0.05) is 47.7 Å². The van der Waals surface area contributed by atoms with Crippen molar-refractivity contribution in [3.8, 4) is 5.75 Å². The minimum atomic E-state index is -0.434. The van der Waals surface area contributed by atoms with E-state index in [1.807, 2.05) is 61.5 Å². The molecule has 0 saturated heterocycles. The van der Waals surface area contributed by atoms with Crippen molar-refractivity contribution in [2.24, 2.45) is 0 Å². The summed E-state index contributed by atoms with van der Waals surface area (Å²) in [5, 5.41) is 8.11. The zero-order valence-corrected chi connectivity index (χ0v) is 15.3. The van der Waals surface area contributed by atoms with Crippen LogP contribution in [0.2, 0.25) is 0 Å². The number of aromatic nitrogens is 3. The van der Waals surface area contributed by atoms with E-state index in [2.05, 4.69) is 10.3 Å². The lowest BCUT2D eigenvalue weighted by atomic mass is 10.1. The van der Waals surface area contributed by atoms with Crippen LogP contribution in [0.3, 0.4) is 0 Å². The van der Waals surface area contributed by atoms with E-state index in [1.54, 1.807) is 24.1 Å².